The van der Waals surface area contributed by atoms with Gasteiger partial charge in [0, 0.05) is 30.7 Å². The van der Waals surface area contributed by atoms with E-state index in [4.69, 9.17) is 0 Å². The summed E-state index contributed by atoms with van der Waals surface area (Å²) in [6, 6.07) is 5.57. The first-order valence-electron chi connectivity index (χ1n) is 5.88. The zero-order chi connectivity index (χ0) is 12.5. The van der Waals surface area contributed by atoms with Gasteiger partial charge in [0.05, 0.1) is 10.9 Å². The van der Waals surface area contributed by atoms with Gasteiger partial charge < -0.3 is 10.3 Å². The molecule has 6 heteroatoms. The molecule has 2 aromatic rings. The topological polar surface area (TPSA) is 50.2 Å². The molecule has 3 rings (SSSR count). The number of fused-ring (bicyclic) bond motifs is 1. The summed E-state index contributed by atoms with van der Waals surface area (Å²) in [5.74, 6) is 0. The van der Waals surface area contributed by atoms with Crippen LogP contribution in [0.1, 0.15) is 0 Å². The first-order valence-corrected chi connectivity index (χ1v) is 6.68. The standard InChI is InChI=1S/C12H13BrN4O/c13-9-1-2-11-10(7-9)12(18)17(8-15-11)16-5-3-14-4-6-16/h1-2,7-8,14H,3-6H2. The number of benzene rings is 1. The predicted octanol–water partition coefficient (Wildman–Crippen LogP) is 0.700. The molecule has 1 aromatic heterocycles. The highest BCUT2D eigenvalue weighted by molar-refractivity contribution is 9.10. The van der Waals surface area contributed by atoms with Crippen LogP contribution in [0.15, 0.2) is 33.8 Å². The van der Waals surface area contributed by atoms with Crippen molar-refractivity contribution in [2.24, 2.45) is 0 Å². The highest BCUT2D eigenvalue weighted by atomic mass is 79.9. The van der Waals surface area contributed by atoms with Crippen molar-refractivity contribution in [2.75, 3.05) is 31.2 Å². The second-order valence-corrected chi connectivity index (χ2v) is 5.18. The summed E-state index contributed by atoms with van der Waals surface area (Å²) < 4.78 is 2.52. The van der Waals surface area contributed by atoms with E-state index in [1.54, 1.807) is 11.0 Å². The number of nitrogens with zero attached hydrogens (tertiary/aromatic N) is 3. The van der Waals surface area contributed by atoms with Gasteiger partial charge in [0.2, 0.25) is 0 Å². The fourth-order valence-corrected chi connectivity index (χ4v) is 2.52. The molecule has 5 nitrogen and oxygen atoms in total. The highest BCUT2D eigenvalue weighted by Gasteiger charge is 2.13. The van der Waals surface area contributed by atoms with Crippen LogP contribution in [0.25, 0.3) is 10.9 Å². The van der Waals surface area contributed by atoms with Gasteiger partial charge in [0.15, 0.2) is 0 Å². The first kappa shape index (κ1) is 11.7. The molecule has 0 spiro atoms. The van der Waals surface area contributed by atoms with E-state index in [9.17, 15) is 4.79 Å². The molecule has 1 aliphatic rings. The van der Waals surface area contributed by atoms with Crippen molar-refractivity contribution in [3.8, 4) is 0 Å². The zero-order valence-electron chi connectivity index (χ0n) is 9.77. The van der Waals surface area contributed by atoms with Gasteiger partial charge in [-0.3, -0.25) is 4.79 Å². The zero-order valence-corrected chi connectivity index (χ0v) is 11.4. The van der Waals surface area contributed by atoms with Gasteiger partial charge in [-0.25, -0.2) is 9.66 Å². The molecule has 2 heterocycles. The van der Waals surface area contributed by atoms with Crippen LogP contribution in [-0.4, -0.2) is 35.8 Å². The molecule has 0 radical (unpaired) electrons. The molecular formula is C12H13BrN4O. The summed E-state index contributed by atoms with van der Waals surface area (Å²) in [6.07, 6.45) is 1.61. The van der Waals surface area contributed by atoms with E-state index in [0.29, 0.717) is 5.39 Å². The maximum atomic E-state index is 12.4. The Hall–Kier alpha value is -1.40. The molecule has 1 N–H and O–H groups in total. The van der Waals surface area contributed by atoms with Crippen molar-refractivity contribution >= 4 is 26.8 Å². The largest absolute Gasteiger partial charge is 0.313 e. The third kappa shape index (κ3) is 2.02. The Morgan fingerprint density at radius 1 is 1.28 bits per heavy atom. The van der Waals surface area contributed by atoms with Gasteiger partial charge in [0.1, 0.15) is 6.33 Å². The Kier molecular flexibility index (Phi) is 3.05. The average Bonchev–Trinajstić information content (AvgIpc) is 2.41. The molecule has 0 atom stereocenters. The smallest absolute Gasteiger partial charge is 0.279 e. The highest BCUT2D eigenvalue weighted by Crippen LogP contribution is 2.14. The second-order valence-electron chi connectivity index (χ2n) is 4.26. The van der Waals surface area contributed by atoms with Crippen LogP contribution in [0, 0.1) is 0 Å². The fraction of sp³-hybridized carbons (Fsp3) is 0.333. The number of hydrogen-bond acceptors (Lipinski definition) is 4. The van der Waals surface area contributed by atoms with Crippen molar-refractivity contribution in [1.29, 1.82) is 0 Å². The molecule has 1 saturated heterocycles. The van der Waals surface area contributed by atoms with Crippen LogP contribution in [-0.2, 0) is 0 Å². The summed E-state index contributed by atoms with van der Waals surface area (Å²) in [4.78, 5) is 16.8. The number of halogens is 1. The van der Waals surface area contributed by atoms with Crippen LogP contribution in [0.4, 0.5) is 0 Å². The Bertz CT molecular complexity index is 634. The quantitative estimate of drug-likeness (QED) is 0.842. The van der Waals surface area contributed by atoms with Crippen molar-refractivity contribution in [3.63, 3.8) is 0 Å². The van der Waals surface area contributed by atoms with E-state index in [0.717, 1.165) is 36.2 Å². The minimum absolute atomic E-state index is 0.0109. The van der Waals surface area contributed by atoms with E-state index in [-0.39, 0.29) is 5.56 Å². The Morgan fingerprint density at radius 3 is 2.83 bits per heavy atom. The Balaban J connectivity index is 2.13. The lowest BCUT2D eigenvalue weighted by Gasteiger charge is -2.30. The maximum absolute atomic E-state index is 12.4. The Morgan fingerprint density at radius 2 is 2.06 bits per heavy atom. The van der Waals surface area contributed by atoms with Gasteiger partial charge in [0.25, 0.3) is 5.56 Å². The normalized spacial score (nSPS) is 16.2. The Labute approximate surface area is 113 Å². The van der Waals surface area contributed by atoms with E-state index in [1.807, 2.05) is 23.2 Å². The number of piperazine rings is 1. The van der Waals surface area contributed by atoms with Crippen LogP contribution >= 0.6 is 15.9 Å². The molecule has 0 bridgehead atoms. The summed E-state index contributed by atoms with van der Waals surface area (Å²) in [6.45, 7) is 3.42. The summed E-state index contributed by atoms with van der Waals surface area (Å²) in [5.41, 5.74) is 0.720. The van der Waals surface area contributed by atoms with Crippen LogP contribution in [0.2, 0.25) is 0 Å². The predicted molar refractivity (Wildman–Crippen MR) is 74.5 cm³/mol. The molecule has 0 aliphatic carbocycles. The van der Waals surface area contributed by atoms with Crippen molar-refractivity contribution in [2.45, 2.75) is 0 Å². The number of nitrogens with one attached hydrogen (secondary N) is 1. The molecule has 1 aliphatic heterocycles. The lowest BCUT2D eigenvalue weighted by Crippen LogP contribution is -2.52. The van der Waals surface area contributed by atoms with Gasteiger partial charge in [-0.2, -0.15) is 0 Å². The van der Waals surface area contributed by atoms with E-state index in [2.05, 4.69) is 26.2 Å². The van der Waals surface area contributed by atoms with E-state index < -0.39 is 0 Å². The summed E-state index contributed by atoms with van der Waals surface area (Å²) >= 11 is 3.39. The minimum atomic E-state index is -0.0109. The van der Waals surface area contributed by atoms with Gasteiger partial charge in [-0.1, -0.05) is 15.9 Å². The average molecular weight is 309 g/mol. The number of aromatic nitrogens is 2. The SMILES string of the molecule is O=c1c2cc(Br)ccc2ncn1N1CCNCC1. The molecule has 1 fully saturated rings. The number of rotatable bonds is 1. The minimum Gasteiger partial charge on any atom is -0.313 e. The third-order valence-corrected chi connectivity index (χ3v) is 3.59. The van der Waals surface area contributed by atoms with Crippen LogP contribution in [0.3, 0.4) is 0 Å². The molecular weight excluding hydrogens is 296 g/mol. The lowest BCUT2D eigenvalue weighted by molar-refractivity contribution is 0.480. The summed E-state index contributed by atoms with van der Waals surface area (Å²) in [7, 11) is 0. The first-order chi connectivity index (χ1) is 8.75. The monoisotopic (exact) mass is 308 g/mol. The molecule has 94 valence electrons. The molecule has 18 heavy (non-hydrogen) atoms. The third-order valence-electron chi connectivity index (χ3n) is 3.10. The summed E-state index contributed by atoms with van der Waals surface area (Å²) in [5, 5.41) is 5.93. The van der Waals surface area contributed by atoms with Gasteiger partial charge in [-0.05, 0) is 18.2 Å². The second kappa shape index (κ2) is 4.70. The maximum Gasteiger partial charge on any atom is 0.279 e. The van der Waals surface area contributed by atoms with Crippen LogP contribution < -0.4 is 15.9 Å². The van der Waals surface area contributed by atoms with Gasteiger partial charge >= 0.3 is 0 Å². The van der Waals surface area contributed by atoms with E-state index in [1.165, 1.54) is 0 Å². The van der Waals surface area contributed by atoms with Crippen molar-refractivity contribution in [3.05, 3.63) is 39.4 Å². The molecule has 0 amide bonds. The van der Waals surface area contributed by atoms with E-state index >= 15 is 0 Å². The molecule has 0 saturated carbocycles. The van der Waals surface area contributed by atoms with Gasteiger partial charge in [-0.15, -0.1) is 0 Å². The lowest BCUT2D eigenvalue weighted by atomic mass is 10.2. The van der Waals surface area contributed by atoms with Crippen LogP contribution in [0.5, 0.6) is 0 Å². The molecule has 1 aromatic carbocycles. The van der Waals surface area contributed by atoms with Crippen molar-refractivity contribution in [1.82, 2.24) is 15.0 Å². The fourth-order valence-electron chi connectivity index (χ4n) is 2.15. The number of hydrogen-bond donors (Lipinski definition) is 1. The molecule has 0 unspecified atom stereocenters. The van der Waals surface area contributed by atoms with Crippen molar-refractivity contribution < 1.29 is 0 Å².